The molecular formula is C21H11Cl4N3O2. The number of oxazole rings is 1. The number of Topliss-reactive ketones (excluding diaryl/α,β-unsaturated/α-hetero) is 1. The van der Waals surface area contributed by atoms with Crippen LogP contribution in [-0.2, 0) is 13.5 Å². The van der Waals surface area contributed by atoms with Crippen molar-refractivity contribution in [1.82, 2.24) is 14.5 Å². The minimum Gasteiger partial charge on any atom is -0.417 e. The first-order valence-corrected chi connectivity index (χ1v) is 10.4. The number of halogens is 4. The van der Waals surface area contributed by atoms with E-state index < -0.39 is 0 Å². The van der Waals surface area contributed by atoms with E-state index in [0.29, 0.717) is 22.5 Å². The fraction of sp³-hybridized carbons (Fsp3) is 0.0952. The summed E-state index contributed by atoms with van der Waals surface area (Å²) in [6.07, 6.45) is 1.83. The second-order valence-corrected chi connectivity index (χ2v) is 8.34. The van der Waals surface area contributed by atoms with Gasteiger partial charge in [-0.25, -0.2) is 0 Å². The van der Waals surface area contributed by atoms with Crippen LogP contribution in [0.4, 0.5) is 0 Å². The zero-order chi connectivity index (χ0) is 21.2. The van der Waals surface area contributed by atoms with Crippen LogP contribution in [0.1, 0.15) is 21.8 Å². The molecule has 0 atom stereocenters. The number of benzene rings is 2. The van der Waals surface area contributed by atoms with E-state index in [2.05, 4.69) is 9.97 Å². The Kier molecular flexibility index (Phi) is 4.67. The van der Waals surface area contributed by atoms with Gasteiger partial charge in [-0.2, -0.15) is 9.97 Å². The summed E-state index contributed by atoms with van der Waals surface area (Å²) in [4.78, 5) is 21.9. The molecule has 0 amide bonds. The molecule has 1 aliphatic carbocycles. The molecular weight excluding hydrogens is 468 g/mol. The smallest absolute Gasteiger partial charge is 0.267 e. The first-order valence-electron chi connectivity index (χ1n) is 8.85. The van der Waals surface area contributed by atoms with Gasteiger partial charge in [0.15, 0.2) is 5.78 Å². The summed E-state index contributed by atoms with van der Waals surface area (Å²) in [5.41, 5.74) is 3.16. The van der Waals surface area contributed by atoms with Crippen molar-refractivity contribution in [3.05, 3.63) is 73.0 Å². The number of imidazole rings is 1. The SMILES string of the molecule is Cn1c(-c2ccccc2)nc2oc(/C=C3\Cc4c(Cl)c(Cl)c(Cl)c(Cl)c4C3=O)nc21. The summed E-state index contributed by atoms with van der Waals surface area (Å²) < 4.78 is 7.62. The number of allylic oxidation sites excluding steroid dienone is 1. The third-order valence-electron chi connectivity index (χ3n) is 5.03. The topological polar surface area (TPSA) is 60.9 Å². The van der Waals surface area contributed by atoms with Gasteiger partial charge in [-0.3, -0.25) is 4.79 Å². The molecule has 0 spiro atoms. The van der Waals surface area contributed by atoms with Crippen molar-refractivity contribution in [3.63, 3.8) is 0 Å². The van der Waals surface area contributed by atoms with E-state index in [4.69, 9.17) is 50.8 Å². The Bertz CT molecular complexity index is 1390. The van der Waals surface area contributed by atoms with Crippen molar-refractivity contribution in [2.75, 3.05) is 0 Å². The molecule has 0 saturated heterocycles. The van der Waals surface area contributed by atoms with Crippen LogP contribution in [0.3, 0.4) is 0 Å². The Balaban J connectivity index is 1.55. The van der Waals surface area contributed by atoms with Crippen molar-refractivity contribution in [1.29, 1.82) is 0 Å². The van der Waals surface area contributed by atoms with Gasteiger partial charge < -0.3 is 8.98 Å². The number of carbonyl (C=O) groups is 1. The number of fused-ring (bicyclic) bond motifs is 2. The molecule has 5 rings (SSSR count). The van der Waals surface area contributed by atoms with E-state index in [1.165, 1.54) is 0 Å². The van der Waals surface area contributed by atoms with E-state index in [1.54, 1.807) is 6.08 Å². The zero-order valence-electron chi connectivity index (χ0n) is 15.3. The number of hydrogen-bond acceptors (Lipinski definition) is 4. The minimum absolute atomic E-state index is 0.0659. The summed E-state index contributed by atoms with van der Waals surface area (Å²) in [5.74, 6) is 0.724. The van der Waals surface area contributed by atoms with Crippen LogP contribution < -0.4 is 0 Å². The molecule has 0 radical (unpaired) electrons. The summed E-state index contributed by atoms with van der Waals surface area (Å²) in [5, 5.41) is 0.526. The van der Waals surface area contributed by atoms with E-state index in [1.807, 2.05) is 41.9 Å². The molecule has 9 heteroatoms. The molecule has 2 aromatic heterocycles. The molecule has 150 valence electrons. The van der Waals surface area contributed by atoms with Crippen molar-refractivity contribution < 1.29 is 9.21 Å². The second kappa shape index (κ2) is 7.13. The van der Waals surface area contributed by atoms with E-state index in [-0.39, 0.29) is 43.7 Å². The van der Waals surface area contributed by atoms with Crippen LogP contribution in [0.15, 0.2) is 40.3 Å². The van der Waals surface area contributed by atoms with Crippen LogP contribution in [0.25, 0.3) is 28.8 Å². The van der Waals surface area contributed by atoms with Gasteiger partial charge in [0, 0.05) is 36.2 Å². The van der Waals surface area contributed by atoms with E-state index in [0.717, 1.165) is 11.4 Å². The Morgan fingerprint density at radius 2 is 1.70 bits per heavy atom. The maximum Gasteiger partial charge on any atom is 0.267 e. The number of aromatic nitrogens is 3. The number of ketones is 1. The summed E-state index contributed by atoms with van der Waals surface area (Å²) in [6.45, 7) is 0. The number of rotatable bonds is 2. The Morgan fingerprint density at radius 1 is 1.00 bits per heavy atom. The van der Waals surface area contributed by atoms with Crippen LogP contribution >= 0.6 is 46.4 Å². The van der Waals surface area contributed by atoms with Crippen LogP contribution in [0, 0.1) is 0 Å². The Labute approximate surface area is 190 Å². The van der Waals surface area contributed by atoms with Gasteiger partial charge >= 0.3 is 0 Å². The fourth-order valence-electron chi connectivity index (χ4n) is 3.57. The van der Waals surface area contributed by atoms with Crippen molar-refractivity contribution in [3.8, 4) is 11.4 Å². The number of aryl methyl sites for hydroxylation is 1. The van der Waals surface area contributed by atoms with Gasteiger partial charge in [0.25, 0.3) is 5.71 Å². The summed E-state index contributed by atoms with van der Waals surface area (Å²) >= 11 is 24.8. The van der Waals surface area contributed by atoms with Crippen LogP contribution in [0.5, 0.6) is 0 Å². The molecule has 0 saturated carbocycles. The largest absolute Gasteiger partial charge is 0.417 e. The lowest BCUT2D eigenvalue weighted by Gasteiger charge is -2.07. The van der Waals surface area contributed by atoms with Crippen LogP contribution in [0.2, 0.25) is 20.1 Å². The van der Waals surface area contributed by atoms with Crippen LogP contribution in [-0.4, -0.2) is 20.3 Å². The van der Waals surface area contributed by atoms with Gasteiger partial charge in [0.05, 0.1) is 20.1 Å². The molecule has 2 aromatic carbocycles. The monoisotopic (exact) mass is 477 g/mol. The molecule has 5 nitrogen and oxygen atoms in total. The molecule has 0 N–H and O–H groups in total. The lowest BCUT2D eigenvalue weighted by atomic mass is 10.1. The van der Waals surface area contributed by atoms with Crippen molar-refractivity contribution in [2.24, 2.45) is 7.05 Å². The number of carbonyl (C=O) groups excluding carboxylic acids is 1. The quantitative estimate of drug-likeness (QED) is 0.183. The normalized spacial score (nSPS) is 14.8. The zero-order valence-corrected chi connectivity index (χ0v) is 18.4. The summed E-state index contributed by atoms with van der Waals surface area (Å²) in [7, 11) is 1.86. The van der Waals surface area contributed by atoms with Gasteiger partial charge in [-0.05, 0) is 5.56 Å². The number of hydrogen-bond donors (Lipinski definition) is 0. The molecule has 0 fully saturated rings. The molecule has 0 aliphatic heterocycles. The molecule has 2 heterocycles. The molecule has 1 aliphatic rings. The van der Waals surface area contributed by atoms with Gasteiger partial charge in [-0.15, -0.1) is 0 Å². The lowest BCUT2D eigenvalue weighted by Crippen LogP contribution is -1.98. The minimum atomic E-state index is -0.282. The lowest BCUT2D eigenvalue weighted by molar-refractivity contribution is 0.104. The Morgan fingerprint density at radius 3 is 2.40 bits per heavy atom. The van der Waals surface area contributed by atoms with Crippen molar-refractivity contribution in [2.45, 2.75) is 6.42 Å². The molecule has 4 aromatic rings. The summed E-state index contributed by atoms with van der Waals surface area (Å²) in [6, 6.07) is 9.74. The fourth-order valence-corrected chi connectivity index (χ4v) is 4.61. The maximum absolute atomic E-state index is 12.9. The third kappa shape index (κ3) is 2.88. The highest BCUT2D eigenvalue weighted by molar-refractivity contribution is 6.53. The standard InChI is InChI=1S/C21H11Cl4N3O2/c1-28-19(9-5-3-2-4-6-9)27-21-20(28)26-12(30-21)8-10-7-11-13(18(10)29)15(23)17(25)16(24)14(11)22/h2-6,8H,7H2,1H3/b10-8+. The molecule has 30 heavy (non-hydrogen) atoms. The highest BCUT2D eigenvalue weighted by Crippen LogP contribution is 2.46. The first-order chi connectivity index (χ1) is 14.4. The second-order valence-electron chi connectivity index (χ2n) is 6.83. The van der Waals surface area contributed by atoms with Gasteiger partial charge in [0.1, 0.15) is 5.82 Å². The van der Waals surface area contributed by atoms with E-state index >= 15 is 0 Å². The average Bonchev–Trinajstić information content (AvgIpc) is 3.39. The van der Waals surface area contributed by atoms with Gasteiger partial charge in [-0.1, -0.05) is 76.7 Å². The predicted octanol–water partition coefficient (Wildman–Crippen LogP) is 6.66. The van der Waals surface area contributed by atoms with E-state index in [9.17, 15) is 4.79 Å². The first kappa shape index (κ1) is 19.6. The maximum atomic E-state index is 12.9. The molecule has 0 bridgehead atoms. The third-order valence-corrected chi connectivity index (χ3v) is 6.87. The van der Waals surface area contributed by atoms with Gasteiger partial charge in [0.2, 0.25) is 11.5 Å². The van der Waals surface area contributed by atoms with Crippen molar-refractivity contribution >= 4 is 69.6 Å². The highest BCUT2D eigenvalue weighted by atomic mass is 35.5. The predicted molar refractivity (Wildman–Crippen MR) is 119 cm³/mol. The average molecular weight is 479 g/mol. The molecule has 0 unspecified atom stereocenters. The highest BCUT2D eigenvalue weighted by Gasteiger charge is 2.33. The number of nitrogens with zero attached hydrogens (tertiary/aromatic N) is 3. The Hall–Kier alpha value is -2.31.